The second-order valence-corrected chi connectivity index (χ2v) is 11.2. The van der Waals surface area contributed by atoms with Crippen LogP contribution in [0.4, 0.5) is 13.2 Å². The van der Waals surface area contributed by atoms with E-state index in [1.165, 1.54) is 21.9 Å². The summed E-state index contributed by atoms with van der Waals surface area (Å²) in [6.45, 7) is 2.41. The molecule has 3 aromatic rings. The van der Waals surface area contributed by atoms with Crippen LogP contribution in [-0.2, 0) is 17.4 Å². The van der Waals surface area contributed by atoms with E-state index in [-0.39, 0.29) is 30.1 Å². The number of aryl methyl sites for hydroxylation is 1. The second kappa shape index (κ2) is 10.9. The summed E-state index contributed by atoms with van der Waals surface area (Å²) in [5.41, 5.74) is 2.34. The summed E-state index contributed by atoms with van der Waals surface area (Å²) in [6.07, 6.45) is 0.596. The molecule has 38 heavy (non-hydrogen) atoms. The number of carbonyl (C=O) groups is 2. The number of hydrogen-bond acceptors (Lipinski definition) is 3. The molecule has 2 heterocycles. The summed E-state index contributed by atoms with van der Waals surface area (Å²) in [7, 11) is 0. The maximum Gasteiger partial charge on any atom is 0.416 e. The maximum atomic E-state index is 14.0. The fraction of sp³-hybridized carbons (Fsp3) is 0.400. The van der Waals surface area contributed by atoms with E-state index in [0.717, 1.165) is 67.3 Å². The minimum absolute atomic E-state index is 0.0348. The number of amides is 2. The summed E-state index contributed by atoms with van der Waals surface area (Å²) in [4.78, 5) is 32.3. The number of hydrogen-bond donors (Lipinski definition) is 0. The molecule has 1 aliphatic heterocycles. The smallest absolute Gasteiger partial charge is 0.330 e. The highest BCUT2D eigenvalue weighted by Crippen LogP contribution is 2.39. The van der Waals surface area contributed by atoms with Gasteiger partial charge in [-0.25, -0.2) is 0 Å². The van der Waals surface area contributed by atoms with Crippen molar-refractivity contribution >= 4 is 23.2 Å². The van der Waals surface area contributed by atoms with Crippen molar-refractivity contribution in [1.29, 1.82) is 0 Å². The average molecular weight is 541 g/mol. The SMILES string of the molecule is Cc1ccccc1C1c2ccsc2CCN1C(=O)CN(C(=O)c1cccc(C(F)(F)F)c1)C1CCCCC1. The molecule has 1 fully saturated rings. The van der Waals surface area contributed by atoms with E-state index < -0.39 is 17.6 Å². The summed E-state index contributed by atoms with van der Waals surface area (Å²) in [5.74, 6) is -0.696. The monoisotopic (exact) mass is 540 g/mol. The molecule has 1 saturated carbocycles. The number of carbonyl (C=O) groups excluding carboxylic acids is 2. The van der Waals surface area contributed by atoms with Gasteiger partial charge in [0.15, 0.2) is 0 Å². The molecule has 2 aromatic carbocycles. The third-order valence-corrected chi connectivity index (χ3v) is 8.78. The molecule has 0 spiro atoms. The largest absolute Gasteiger partial charge is 0.416 e. The lowest BCUT2D eigenvalue weighted by molar-refractivity contribution is -0.137. The zero-order valence-corrected chi connectivity index (χ0v) is 22.2. The molecule has 0 radical (unpaired) electrons. The molecular weight excluding hydrogens is 509 g/mol. The maximum absolute atomic E-state index is 14.0. The summed E-state index contributed by atoms with van der Waals surface area (Å²) in [5, 5.41) is 2.05. The molecule has 4 nitrogen and oxygen atoms in total. The minimum atomic E-state index is -4.55. The van der Waals surface area contributed by atoms with Gasteiger partial charge in [-0.1, -0.05) is 49.6 Å². The zero-order chi connectivity index (χ0) is 26.9. The molecule has 1 unspecified atom stereocenters. The van der Waals surface area contributed by atoms with Crippen molar-refractivity contribution in [3.63, 3.8) is 0 Å². The number of rotatable bonds is 5. The van der Waals surface area contributed by atoms with Crippen LogP contribution in [0, 0.1) is 6.92 Å². The van der Waals surface area contributed by atoms with E-state index in [0.29, 0.717) is 6.54 Å². The van der Waals surface area contributed by atoms with E-state index in [4.69, 9.17) is 0 Å². The fourth-order valence-electron chi connectivity index (χ4n) is 5.80. The summed E-state index contributed by atoms with van der Waals surface area (Å²) >= 11 is 1.69. The van der Waals surface area contributed by atoms with Gasteiger partial charge >= 0.3 is 6.18 Å². The highest BCUT2D eigenvalue weighted by molar-refractivity contribution is 7.10. The molecule has 0 bridgehead atoms. The Labute approximate surface area is 225 Å². The van der Waals surface area contributed by atoms with Crippen molar-refractivity contribution in [3.05, 3.63) is 92.7 Å². The minimum Gasteiger partial charge on any atom is -0.330 e. The Morgan fingerprint density at radius 3 is 2.50 bits per heavy atom. The van der Waals surface area contributed by atoms with Crippen LogP contribution >= 0.6 is 11.3 Å². The first-order valence-electron chi connectivity index (χ1n) is 13.1. The van der Waals surface area contributed by atoms with E-state index in [1.54, 1.807) is 11.3 Å². The van der Waals surface area contributed by atoms with Crippen molar-refractivity contribution in [1.82, 2.24) is 9.80 Å². The van der Waals surface area contributed by atoms with Crippen LogP contribution in [0.25, 0.3) is 0 Å². The van der Waals surface area contributed by atoms with Crippen molar-refractivity contribution in [3.8, 4) is 0 Å². The normalized spacial score (nSPS) is 18.2. The van der Waals surface area contributed by atoms with Gasteiger partial charge in [0, 0.05) is 23.0 Å². The van der Waals surface area contributed by atoms with Crippen LogP contribution in [0.5, 0.6) is 0 Å². The molecule has 2 amide bonds. The van der Waals surface area contributed by atoms with Crippen molar-refractivity contribution in [2.24, 2.45) is 0 Å². The number of nitrogens with zero attached hydrogens (tertiary/aromatic N) is 2. The first-order chi connectivity index (χ1) is 18.2. The third-order valence-electron chi connectivity index (χ3n) is 7.79. The second-order valence-electron chi connectivity index (χ2n) is 10.2. The summed E-state index contributed by atoms with van der Waals surface area (Å²) < 4.78 is 40.2. The Hall–Kier alpha value is -3.13. The molecule has 0 saturated heterocycles. The van der Waals surface area contributed by atoms with Crippen LogP contribution in [0.15, 0.2) is 60.0 Å². The first-order valence-corrected chi connectivity index (χ1v) is 14.0. The molecule has 2 aliphatic rings. The molecule has 5 rings (SSSR count). The number of alkyl halides is 3. The van der Waals surface area contributed by atoms with Gasteiger partial charge in [0.05, 0.1) is 11.6 Å². The Morgan fingerprint density at radius 2 is 1.76 bits per heavy atom. The molecule has 1 atom stereocenters. The Balaban J connectivity index is 1.47. The van der Waals surface area contributed by atoms with Gasteiger partial charge in [0.2, 0.25) is 5.91 Å². The van der Waals surface area contributed by atoms with Crippen LogP contribution in [0.1, 0.15) is 75.6 Å². The zero-order valence-electron chi connectivity index (χ0n) is 21.3. The van der Waals surface area contributed by atoms with Crippen LogP contribution < -0.4 is 0 Å². The van der Waals surface area contributed by atoms with Crippen molar-refractivity contribution < 1.29 is 22.8 Å². The van der Waals surface area contributed by atoms with Gasteiger partial charge in [0.25, 0.3) is 5.91 Å². The molecule has 1 aliphatic carbocycles. The average Bonchev–Trinajstić information content (AvgIpc) is 3.40. The highest BCUT2D eigenvalue weighted by atomic mass is 32.1. The lowest BCUT2D eigenvalue weighted by atomic mass is 9.90. The number of thiophene rings is 1. The van der Waals surface area contributed by atoms with Gasteiger partial charge in [-0.2, -0.15) is 13.2 Å². The third kappa shape index (κ3) is 5.37. The molecule has 1 aromatic heterocycles. The van der Waals surface area contributed by atoms with Crippen molar-refractivity contribution in [2.45, 2.75) is 63.7 Å². The fourth-order valence-corrected chi connectivity index (χ4v) is 6.71. The quantitative estimate of drug-likeness (QED) is 0.349. The van der Waals surface area contributed by atoms with E-state index in [9.17, 15) is 22.8 Å². The van der Waals surface area contributed by atoms with Gasteiger partial charge < -0.3 is 9.80 Å². The number of halogens is 3. The Kier molecular flexibility index (Phi) is 7.61. The Morgan fingerprint density at radius 1 is 1.00 bits per heavy atom. The predicted octanol–water partition coefficient (Wildman–Crippen LogP) is 7.02. The molecule has 200 valence electrons. The molecule has 0 N–H and O–H groups in total. The summed E-state index contributed by atoms with van der Waals surface area (Å²) in [6, 6.07) is 14.2. The molecule has 8 heteroatoms. The topological polar surface area (TPSA) is 40.6 Å². The van der Waals surface area contributed by atoms with Crippen LogP contribution in [-0.4, -0.2) is 40.7 Å². The molecular formula is C30H31F3N2O2S. The van der Waals surface area contributed by atoms with Gasteiger partial charge in [-0.15, -0.1) is 11.3 Å². The predicted molar refractivity (Wildman–Crippen MR) is 142 cm³/mol. The number of fused-ring (bicyclic) bond motifs is 1. The van der Waals surface area contributed by atoms with E-state index >= 15 is 0 Å². The van der Waals surface area contributed by atoms with Gasteiger partial charge in [-0.3, -0.25) is 9.59 Å². The van der Waals surface area contributed by atoms with E-state index in [1.807, 2.05) is 36.1 Å². The lowest BCUT2D eigenvalue weighted by Crippen LogP contribution is -2.50. The highest BCUT2D eigenvalue weighted by Gasteiger charge is 2.37. The van der Waals surface area contributed by atoms with Gasteiger partial charge in [-0.05, 0) is 72.5 Å². The first kappa shape index (κ1) is 26.5. The standard InChI is InChI=1S/C30H31F3N2O2S/c1-20-8-5-6-13-24(20)28-25-15-17-38-26(25)14-16-34(28)27(36)19-35(23-11-3-2-4-12-23)29(37)21-9-7-10-22(18-21)30(31,32)33/h5-10,13,15,17-18,23,28H,2-4,11-12,14,16,19H2,1H3. The van der Waals surface area contributed by atoms with E-state index in [2.05, 4.69) is 11.4 Å². The van der Waals surface area contributed by atoms with Gasteiger partial charge in [0.1, 0.15) is 6.54 Å². The number of benzene rings is 2. The lowest BCUT2D eigenvalue weighted by Gasteiger charge is -2.40. The van der Waals surface area contributed by atoms with Crippen LogP contribution in [0.3, 0.4) is 0 Å². The van der Waals surface area contributed by atoms with Crippen molar-refractivity contribution in [2.75, 3.05) is 13.1 Å². The van der Waals surface area contributed by atoms with Crippen LogP contribution in [0.2, 0.25) is 0 Å². The Bertz CT molecular complexity index is 1310.